The number of esters is 2. The van der Waals surface area contributed by atoms with E-state index in [-0.39, 0.29) is 19.3 Å². The molecule has 63 heavy (non-hydrogen) atoms. The largest absolute Gasteiger partial charge is 0.465 e. The van der Waals surface area contributed by atoms with Gasteiger partial charge in [-0.25, -0.2) is 19.2 Å². The lowest BCUT2D eigenvalue weighted by molar-refractivity contribution is -0.138. The van der Waals surface area contributed by atoms with Gasteiger partial charge in [-0.1, -0.05) is 49.9 Å². The van der Waals surface area contributed by atoms with Gasteiger partial charge < -0.3 is 23.8 Å². The normalized spacial score (nSPS) is 15.0. The summed E-state index contributed by atoms with van der Waals surface area (Å²) in [6.07, 6.45) is -6.39. The van der Waals surface area contributed by atoms with Crippen molar-refractivity contribution in [3.8, 4) is 0 Å². The Labute approximate surface area is 373 Å². The molecule has 1 amide bonds. The number of methoxy groups -OCH3 is 4. The van der Waals surface area contributed by atoms with E-state index in [9.17, 15) is 45.5 Å². The number of benzene rings is 3. The molecule has 0 bridgehead atoms. The molecule has 10 nitrogen and oxygen atoms in total. The summed E-state index contributed by atoms with van der Waals surface area (Å²) >= 11 is 6.71. The number of piperidine rings is 2. The van der Waals surface area contributed by atoms with Crippen molar-refractivity contribution < 1.29 is 64.5 Å². The van der Waals surface area contributed by atoms with Crippen LogP contribution in [-0.2, 0) is 37.8 Å². The van der Waals surface area contributed by atoms with E-state index in [1.165, 1.54) is 46.1 Å². The molecule has 0 atom stereocenters. The minimum absolute atomic E-state index is 0. The summed E-state index contributed by atoms with van der Waals surface area (Å²) in [5.41, 5.74) is 0.587. The first-order valence-electron chi connectivity index (χ1n) is 19.2. The lowest BCUT2D eigenvalue weighted by Gasteiger charge is -2.32. The van der Waals surface area contributed by atoms with Gasteiger partial charge in [0, 0.05) is 40.6 Å². The van der Waals surface area contributed by atoms with Crippen LogP contribution in [-0.4, -0.2) is 87.9 Å². The Morgan fingerprint density at radius 1 is 0.635 bits per heavy atom. The zero-order valence-corrected chi connectivity index (χ0v) is 36.4. The molecule has 0 aliphatic carbocycles. The molecule has 2 aliphatic heterocycles. The molecule has 2 aliphatic rings. The molecular weight excluding hydrogens is 898 g/mol. The Bertz CT molecular complexity index is 2350. The molecule has 7 rings (SSSR count). The highest BCUT2D eigenvalue weighted by Gasteiger charge is 2.35. The molecule has 3 aromatic carbocycles. The van der Waals surface area contributed by atoms with Gasteiger partial charge >= 0.3 is 35.8 Å². The van der Waals surface area contributed by atoms with Crippen LogP contribution in [0.3, 0.4) is 0 Å². The molecule has 2 saturated heterocycles. The van der Waals surface area contributed by atoms with E-state index in [4.69, 9.17) is 14.2 Å². The van der Waals surface area contributed by atoms with Crippen molar-refractivity contribution >= 4 is 77.9 Å². The van der Waals surface area contributed by atoms with Crippen molar-refractivity contribution in [2.24, 2.45) is 0 Å². The maximum atomic E-state index is 13.1. The topological polar surface area (TPSA) is 112 Å². The predicted octanol–water partition coefficient (Wildman–Crippen LogP) is 12.4. The van der Waals surface area contributed by atoms with Gasteiger partial charge in [-0.15, -0.1) is 22.7 Å². The highest BCUT2D eigenvalue weighted by molar-refractivity contribution is 7.21. The van der Waals surface area contributed by atoms with Gasteiger partial charge in [-0.2, -0.15) is 26.3 Å². The van der Waals surface area contributed by atoms with E-state index in [0.29, 0.717) is 56.0 Å². The molecule has 0 spiro atoms. The summed E-state index contributed by atoms with van der Waals surface area (Å²) in [6.45, 7) is 3.53. The third-order valence-electron chi connectivity index (χ3n) is 10.6. The predicted molar refractivity (Wildman–Crippen MR) is 231 cm³/mol. The molecule has 2 aromatic heterocycles. The van der Waals surface area contributed by atoms with Crippen LogP contribution < -0.4 is 0 Å². The summed E-state index contributed by atoms with van der Waals surface area (Å²) < 4.78 is 97.7. The Morgan fingerprint density at radius 3 is 1.41 bits per heavy atom. The van der Waals surface area contributed by atoms with Crippen LogP contribution in [0.2, 0.25) is 0 Å². The fraction of sp³-hybridized carbons (Fsp3) is 0.409. The van der Waals surface area contributed by atoms with Crippen molar-refractivity contribution in [1.29, 1.82) is 0 Å². The average molecular weight is 945 g/mol. The van der Waals surface area contributed by atoms with Gasteiger partial charge in [0.2, 0.25) is 0 Å². The average Bonchev–Trinajstić information content (AvgIpc) is 3.85. The molecule has 0 saturated carbocycles. The van der Waals surface area contributed by atoms with Crippen molar-refractivity contribution in [1.82, 2.24) is 9.80 Å². The molecule has 5 aromatic rings. The Balaban J connectivity index is 0.000000247. The molecular formula is C44H47ClF6N2O8S2. The number of amides is 1. The van der Waals surface area contributed by atoms with E-state index in [1.54, 1.807) is 4.90 Å². The van der Waals surface area contributed by atoms with Crippen molar-refractivity contribution in [2.45, 2.75) is 63.8 Å². The number of alkyl halides is 6. The van der Waals surface area contributed by atoms with Crippen LogP contribution in [0.15, 0.2) is 66.7 Å². The summed E-state index contributed by atoms with van der Waals surface area (Å²) in [5.74, 6) is -0.969. The number of likely N-dealkylation sites (tertiary alicyclic amines) is 2. The number of hydrogen-bond donors (Lipinski definition) is 0. The van der Waals surface area contributed by atoms with E-state index < -0.39 is 46.9 Å². The number of hydrogen-bond acceptors (Lipinski definition) is 11. The van der Waals surface area contributed by atoms with Crippen LogP contribution in [0, 0.1) is 0 Å². The number of halogens is 7. The lowest BCUT2D eigenvalue weighted by atomic mass is 9.87. The van der Waals surface area contributed by atoms with Crippen LogP contribution in [0.25, 0.3) is 20.2 Å². The van der Waals surface area contributed by atoms with E-state index in [2.05, 4.69) is 33.4 Å². The molecule has 342 valence electrons. The molecule has 0 N–H and O–H groups in total. The number of nitrogens with zero attached hydrogens (tertiary/aromatic N) is 2. The van der Waals surface area contributed by atoms with Crippen LogP contribution >= 0.6 is 34.3 Å². The third-order valence-corrected chi connectivity index (χ3v) is 13.0. The Morgan fingerprint density at radius 2 is 1.05 bits per heavy atom. The van der Waals surface area contributed by atoms with Crippen molar-refractivity contribution in [3.05, 3.63) is 104 Å². The van der Waals surface area contributed by atoms with E-state index in [1.807, 2.05) is 18.2 Å². The van der Waals surface area contributed by atoms with Gasteiger partial charge in [-0.3, -0.25) is 4.90 Å². The Kier molecular flexibility index (Phi) is 17.8. The van der Waals surface area contributed by atoms with Crippen LogP contribution in [0.4, 0.5) is 35.9 Å². The van der Waals surface area contributed by atoms with Crippen LogP contribution in [0.5, 0.6) is 0 Å². The first-order valence-corrected chi connectivity index (χ1v) is 21.2. The minimum atomic E-state index is -4.45. The highest BCUT2D eigenvalue weighted by Crippen LogP contribution is 2.45. The van der Waals surface area contributed by atoms with Crippen LogP contribution in [0.1, 0.15) is 92.1 Å². The molecule has 2 fully saturated rings. The second-order valence-corrected chi connectivity index (χ2v) is 16.7. The quantitative estimate of drug-likeness (QED) is 0.0711. The lowest BCUT2D eigenvalue weighted by Crippen LogP contribution is -2.37. The number of thiophene rings is 2. The zero-order chi connectivity index (χ0) is 45.4. The monoisotopic (exact) mass is 944 g/mol. The molecule has 4 heterocycles. The first kappa shape index (κ1) is 50.7. The summed E-state index contributed by atoms with van der Waals surface area (Å²) in [4.78, 5) is 50.3. The number of fused-ring (bicyclic) bond motifs is 2. The highest BCUT2D eigenvalue weighted by atomic mass is 35.5. The zero-order valence-electron chi connectivity index (χ0n) is 34.0. The number of rotatable bonds is 6. The van der Waals surface area contributed by atoms with Gasteiger partial charge in [0.25, 0.3) is 0 Å². The van der Waals surface area contributed by atoms with E-state index in [0.717, 1.165) is 90.4 Å². The van der Waals surface area contributed by atoms with E-state index >= 15 is 0 Å². The first-order chi connectivity index (χ1) is 29.4. The maximum absolute atomic E-state index is 13.1. The molecule has 0 unspecified atom stereocenters. The van der Waals surface area contributed by atoms with Gasteiger partial charge in [-0.05, 0) is 102 Å². The molecule has 0 radical (unpaired) electrons. The minimum Gasteiger partial charge on any atom is -0.465 e. The second-order valence-electron chi connectivity index (χ2n) is 14.3. The summed E-state index contributed by atoms with van der Waals surface area (Å²) in [6, 6.07) is 17.5. The van der Waals surface area contributed by atoms with Gasteiger partial charge in [0.1, 0.15) is 9.75 Å². The second kappa shape index (κ2) is 22.1. The maximum Gasteiger partial charge on any atom is 0.416 e. The Hall–Kier alpha value is -4.91. The SMILES string of the molecule is C.COC(=O)Cl.COC(=O)c1sc2cc(C(F)(F)F)ccc2c1C1CCN(C(=O)OC)CC1.COC(=O)c1sc2cc(C(F)(F)F)ccc2c1C1CCN(Cc2ccccc2)CC1. The standard InChI is InChI=1S/C23H22F3NO2S.C18H18F3NO4S.C2H3ClO2.CH4/c1-29-22(28)21-20(18-8-7-17(23(24,25)26)13-19(18)30-21)16-9-11-27(12-10-16)14-15-5-3-2-4-6-15;1-25-16(23)15-14(10-5-7-22(8-6-10)17(24)26-2)12-4-3-11(18(19,20)21)9-13(12)27-15;1-5-2(3)4;/h2-8,13,16H,9-12,14H2,1H3;3-4,9-10H,5-8H2,1-2H3;1H3;1H4. The summed E-state index contributed by atoms with van der Waals surface area (Å²) in [7, 11) is 5.08. The fourth-order valence-corrected chi connectivity index (χ4v) is 10.1. The van der Waals surface area contributed by atoms with Gasteiger partial charge in [0.05, 0.1) is 39.6 Å². The number of carbonyl (C=O) groups excluding carboxylic acids is 4. The van der Waals surface area contributed by atoms with Crippen molar-refractivity contribution in [3.63, 3.8) is 0 Å². The smallest absolute Gasteiger partial charge is 0.416 e. The molecule has 19 heteroatoms. The van der Waals surface area contributed by atoms with Gasteiger partial charge in [0.15, 0.2) is 0 Å². The third kappa shape index (κ3) is 12.6. The fourth-order valence-electron chi connectivity index (χ4n) is 7.59. The van der Waals surface area contributed by atoms with Crippen molar-refractivity contribution in [2.75, 3.05) is 54.6 Å². The number of carbonyl (C=O) groups is 4. The number of ether oxygens (including phenoxy) is 4. The summed E-state index contributed by atoms with van der Waals surface area (Å²) in [5, 5.41) is 1.36.